The molecule has 1 atom stereocenters. The molecular formula is C60H102O6. The Labute approximate surface area is 407 Å². The fourth-order valence-corrected chi connectivity index (χ4v) is 7.53. The molecule has 0 radical (unpaired) electrons. The van der Waals surface area contributed by atoms with Crippen LogP contribution in [-0.2, 0) is 28.6 Å². The van der Waals surface area contributed by atoms with Gasteiger partial charge in [0.2, 0.25) is 0 Å². The van der Waals surface area contributed by atoms with Gasteiger partial charge in [0.15, 0.2) is 6.10 Å². The zero-order valence-electron chi connectivity index (χ0n) is 43.2. The second-order valence-corrected chi connectivity index (χ2v) is 18.1. The van der Waals surface area contributed by atoms with Gasteiger partial charge in [0, 0.05) is 19.3 Å². The van der Waals surface area contributed by atoms with E-state index in [0.29, 0.717) is 19.3 Å². The van der Waals surface area contributed by atoms with Crippen molar-refractivity contribution in [2.24, 2.45) is 0 Å². The summed E-state index contributed by atoms with van der Waals surface area (Å²) in [5.74, 6) is -0.996. The minimum absolute atomic E-state index is 0.103. The summed E-state index contributed by atoms with van der Waals surface area (Å²) < 4.78 is 16.7. The van der Waals surface area contributed by atoms with Crippen LogP contribution in [0, 0.1) is 0 Å². The highest BCUT2D eigenvalue weighted by Gasteiger charge is 2.19. The molecule has 0 aromatic rings. The number of hydrogen-bond acceptors (Lipinski definition) is 6. The van der Waals surface area contributed by atoms with Gasteiger partial charge in [-0.15, -0.1) is 0 Å². The molecule has 1 unspecified atom stereocenters. The number of unbranched alkanes of at least 4 members (excludes halogenated alkanes) is 24. The first-order valence-corrected chi connectivity index (χ1v) is 27.6. The smallest absolute Gasteiger partial charge is 0.306 e. The van der Waals surface area contributed by atoms with Crippen molar-refractivity contribution in [1.82, 2.24) is 0 Å². The molecule has 0 aliphatic heterocycles. The van der Waals surface area contributed by atoms with Gasteiger partial charge in [0.1, 0.15) is 13.2 Å². The Kier molecular flexibility index (Phi) is 51.4. The van der Waals surface area contributed by atoms with Gasteiger partial charge in [-0.1, -0.05) is 247 Å². The number of carbonyl (C=O) groups excluding carboxylic acids is 3. The average molecular weight is 919 g/mol. The number of allylic oxidation sites excluding steroid dienone is 14. The largest absolute Gasteiger partial charge is 0.462 e. The third-order valence-electron chi connectivity index (χ3n) is 11.6. The first-order chi connectivity index (χ1) is 32.5. The van der Waals surface area contributed by atoms with E-state index in [0.717, 1.165) is 96.3 Å². The van der Waals surface area contributed by atoms with Gasteiger partial charge in [-0.05, 0) is 77.0 Å². The van der Waals surface area contributed by atoms with E-state index in [1.54, 1.807) is 0 Å². The Morgan fingerprint density at radius 3 is 1.08 bits per heavy atom. The zero-order valence-corrected chi connectivity index (χ0v) is 43.2. The topological polar surface area (TPSA) is 78.9 Å². The maximum Gasteiger partial charge on any atom is 0.306 e. The third-order valence-corrected chi connectivity index (χ3v) is 11.6. The van der Waals surface area contributed by atoms with Gasteiger partial charge in [-0.2, -0.15) is 0 Å². The molecular weight excluding hydrogens is 817 g/mol. The fourth-order valence-electron chi connectivity index (χ4n) is 7.53. The number of rotatable bonds is 49. The molecule has 0 aliphatic rings. The number of carbonyl (C=O) groups is 3. The maximum absolute atomic E-state index is 12.8. The van der Waals surface area contributed by atoms with E-state index in [4.69, 9.17) is 14.2 Å². The van der Waals surface area contributed by atoms with Gasteiger partial charge in [-0.3, -0.25) is 14.4 Å². The normalized spacial score (nSPS) is 12.7. The summed E-state index contributed by atoms with van der Waals surface area (Å²) in [6, 6.07) is 0. The van der Waals surface area contributed by atoms with Crippen LogP contribution in [0.25, 0.3) is 0 Å². The highest BCUT2D eigenvalue weighted by molar-refractivity contribution is 5.71. The second-order valence-electron chi connectivity index (χ2n) is 18.1. The van der Waals surface area contributed by atoms with Gasteiger partial charge >= 0.3 is 17.9 Å². The number of hydrogen-bond donors (Lipinski definition) is 0. The molecule has 0 bridgehead atoms. The van der Waals surface area contributed by atoms with Crippen LogP contribution in [0.1, 0.15) is 258 Å². The molecule has 66 heavy (non-hydrogen) atoms. The Morgan fingerprint density at radius 2 is 0.652 bits per heavy atom. The van der Waals surface area contributed by atoms with Crippen molar-refractivity contribution in [3.8, 4) is 0 Å². The third kappa shape index (κ3) is 51.6. The standard InChI is InChI=1S/C60H102O6/c1-4-7-10-13-16-19-22-24-26-28-30-32-34-36-38-41-44-47-50-53-59(62)65-56-57(55-64-58(61)52-49-46-43-40-21-18-15-12-9-6-3)66-60(63)54-51-48-45-42-39-37-35-33-31-29-27-25-23-20-17-14-11-8-5-2/h7,10,12,15-16,19,24,26,30,32,36,38,44,47,57H,4-6,8-9,11,13-14,17-18,20-23,25,27-29,31,33-35,37,39-43,45-46,48-56H2,1-3H3/b10-7-,15-12-,19-16-,26-24-,32-30-,38-36-,47-44-. The summed E-state index contributed by atoms with van der Waals surface area (Å²) >= 11 is 0. The van der Waals surface area contributed by atoms with Gasteiger partial charge < -0.3 is 14.2 Å². The van der Waals surface area contributed by atoms with Crippen LogP contribution in [0.4, 0.5) is 0 Å². The molecule has 0 aromatic heterocycles. The first-order valence-electron chi connectivity index (χ1n) is 27.6. The monoisotopic (exact) mass is 919 g/mol. The van der Waals surface area contributed by atoms with Gasteiger partial charge in [0.05, 0.1) is 0 Å². The van der Waals surface area contributed by atoms with Crippen LogP contribution in [0.15, 0.2) is 85.1 Å². The highest BCUT2D eigenvalue weighted by Crippen LogP contribution is 2.16. The van der Waals surface area contributed by atoms with E-state index in [9.17, 15) is 14.4 Å². The molecule has 0 aliphatic carbocycles. The predicted octanol–water partition coefficient (Wildman–Crippen LogP) is 18.4. The summed E-state index contributed by atoms with van der Waals surface area (Å²) in [4.78, 5) is 38.0. The van der Waals surface area contributed by atoms with Crippen molar-refractivity contribution in [3.63, 3.8) is 0 Å². The summed E-state index contributed by atoms with van der Waals surface area (Å²) in [5.41, 5.74) is 0. The quantitative estimate of drug-likeness (QED) is 0.0262. The van der Waals surface area contributed by atoms with Crippen molar-refractivity contribution < 1.29 is 28.6 Å². The Bertz CT molecular complexity index is 1290. The van der Waals surface area contributed by atoms with Crippen molar-refractivity contribution >= 4 is 17.9 Å². The Morgan fingerprint density at radius 1 is 0.318 bits per heavy atom. The molecule has 0 N–H and O–H groups in total. The summed E-state index contributed by atoms with van der Waals surface area (Å²) in [7, 11) is 0. The van der Waals surface area contributed by atoms with Crippen LogP contribution in [0.5, 0.6) is 0 Å². The molecule has 0 fully saturated rings. The van der Waals surface area contributed by atoms with Crippen LogP contribution < -0.4 is 0 Å². The number of ether oxygens (including phenoxy) is 3. The minimum Gasteiger partial charge on any atom is -0.462 e. The lowest BCUT2D eigenvalue weighted by Gasteiger charge is -2.18. The fraction of sp³-hybridized carbons (Fsp3) is 0.717. The van der Waals surface area contributed by atoms with E-state index in [-0.39, 0.29) is 37.5 Å². The van der Waals surface area contributed by atoms with E-state index < -0.39 is 6.10 Å². The first kappa shape index (κ1) is 62.6. The lowest BCUT2D eigenvalue weighted by molar-refractivity contribution is -0.166. The minimum atomic E-state index is -0.808. The van der Waals surface area contributed by atoms with Crippen molar-refractivity contribution in [3.05, 3.63) is 85.1 Å². The average Bonchev–Trinajstić information content (AvgIpc) is 3.31. The van der Waals surface area contributed by atoms with Crippen LogP contribution in [0.2, 0.25) is 0 Å². The molecule has 0 saturated heterocycles. The highest BCUT2D eigenvalue weighted by atomic mass is 16.6. The lowest BCUT2D eigenvalue weighted by atomic mass is 10.0. The molecule has 6 nitrogen and oxygen atoms in total. The van der Waals surface area contributed by atoms with Crippen LogP contribution in [-0.4, -0.2) is 37.2 Å². The maximum atomic E-state index is 12.8. The van der Waals surface area contributed by atoms with Gasteiger partial charge in [-0.25, -0.2) is 0 Å². The zero-order chi connectivity index (χ0) is 47.9. The molecule has 0 heterocycles. The van der Waals surface area contributed by atoms with E-state index >= 15 is 0 Å². The Hall–Kier alpha value is -3.41. The molecule has 0 spiro atoms. The molecule has 0 aromatic carbocycles. The van der Waals surface area contributed by atoms with E-state index in [1.165, 1.54) is 116 Å². The van der Waals surface area contributed by atoms with E-state index in [1.807, 2.05) is 6.08 Å². The summed E-state index contributed by atoms with van der Waals surface area (Å²) in [6.45, 7) is 6.40. The second kappa shape index (κ2) is 54.2. The van der Waals surface area contributed by atoms with Crippen molar-refractivity contribution in [2.75, 3.05) is 13.2 Å². The van der Waals surface area contributed by atoms with Gasteiger partial charge in [0.25, 0.3) is 0 Å². The summed E-state index contributed by atoms with van der Waals surface area (Å²) in [6.07, 6.45) is 70.2. The molecule has 0 rings (SSSR count). The SMILES string of the molecule is CC/C=C\C/C=C\C/C=C\C/C=C\C/C=C\C/C=C\CCC(=O)OCC(COC(=O)CCCCCCC/C=C\CCC)OC(=O)CCCCCCCCCCCCCCCCCCCCC. The predicted molar refractivity (Wildman–Crippen MR) is 284 cm³/mol. The molecule has 0 saturated carbocycles. The van der Waals surface area contributed by atoms with E-state index in [2.05, 4.69) is 99.8 Å². The van der Waals surface area contributed by atoms with Crippen LogP contribution >= 0.6 is 0 Å². The molecule has 378 valence electrons. The van der Waals surface area contributed by atoms with Crippen molar-refractivity contribution in [2.45, 2.75) is 264 Å². The number of esters is 3. The van der Waals surface area contributed by atoms with Crippen molar-refractivity contribution in [1.29, 1.82) is 0 Å². The lowest BCUT2D eigenvalue weighted by Crippen LogP contribution is -2.30. The summed E-state index contributed by atoms with van der Waals surface area (Å²) in [5, 5.41) is 0. The van der Waals surface area contributed by atoms with Crippen LogP contribution in [0.3, 0.4) is 0 Å². The Balaban J connectivity index is 4.42. The molecule has 0 amide bonds. The molecule has 6 heteroatoms.